The molecule has 0 spiro atoms. The molecule has 3 atom stereocenters. The first-order valence-corrected chi connectivity index (χ1v) is 12.5. The first kappa shape index (κ1) is 27.0. The Hall–Kier alpha value is -3.56. The summed E-state index contributed by atoms with van der Waals surface area (Å²) in [5, 5.41) is 15.5. The summed E-state index contributed by atoms with van der Waals surface area (Å²) in [7, 11) is 1.59. The first-order valence-electron chi connectivity index (χ1n) is 12.5. The monoisotopic (exact) mass is 499 g/mol. The van der Waals surface area contributed by atoms with Crippen LogP contribution in [-0.2, 0) is 22.4 Å². The quantitative estimate of drug-likeness (QED) is 0.375. The summed E-state index contributed by atoms with van der Waals surface area (Å²) < 4.78 is 5.22. The highest BCUT2D eigenvalue weighted by atomic mass is 16.5. The molecule has 1 aromatic heterocycles. The number of urea groups is 1. The maximum absolute atomic E-state index is 13.8. The Balaban J connectivity index is 1.73. The average molecular weight is 500 g/mol. The third kappa shape index (κ3) is 6.56. The molecule has 1 saturated heterocycles. The van der Waals surface area contributed by atoms with E-state index in [0.29, 0.717) is 57.4 Å². The number of carbonyl (C=O) groups is 3. The predicted molar refractivity (Wildman–Crippen MR) is 135 cm³/mol. The van der Waals surface area contributed by atoms with Crippen LogP contribution in [0.15, 0.2) is 36.8 Å². The minimum absolute atomic E-state index is 0.198. The molecule has 10 heteroatoms. The fraction of sp³-hybridized carbons (Fsp3) is 0.538. The molecule has 36 heavy (non-hydrogen) atoms. The summed E-state index contributed by atoms with van der Waals surface area (Å²) in [5.74, 6) is -0.297. The maximum atomic E-state index is 13.8. The van der Waals surface area contributed by atoms with Crippen molar-refractivity contribution >= 4 is 17.9 Å². The zero-order chi connectivity index (χ0) is 26.1. The maximum Gasteiger partial charge on any atom is 0.315 e. The molecule has 3 unspecified atom stereocenters. The van der Waals surface area contributed by atoms with Crippen LogP contribution in [0.5, 0.6) is 5.75 Å². The third-order valence-electron chi connectivity index (χ3n) is 7.22. The number of methoxy groups -OCH3 is 1. The fourth-order valence-electron chi connectivity index (χ4n) is 4.84. The summed E-state index contributed by atoms with van der Waals surface area (Å²) in [6.45, 7) is 4.59. The van der Waals surface area contributed by atoms with Crippen LogP contribution in [0.25, 0.3) is 0 Å². The first-order chi connectivity index (χ1) is 17.3. The Morgan fingerprint density at radius 1 is 1.28 bits per heavy atom. The van der Waals surface area contributed by atoms with Crippen LogP contribution in [0.4, 0.5) is 4.79 Å². The molecule has 0 saturated carbocycles. The van der Waals surface area contributed by atoms with E-state index in [1.54, 1.807) is 24.5 Å². The van der Waals surface area contributed by atoms with Gasteiger partial charge in [-0.1, -0.05) is 26.0 Å². The van der Waals surface area contributed by atoms with Gasteiger partial charge in [-0.25, -0.2) is 9.78 Å². The normalized spacial score (nSPS) is 20.4. The van der Waals surface area contributed by atoms with Crippen molar-refractivity contribution < 1.29 is 24.2 Å². The fourth-order valence-corrected chi connectivity index (χ4v) is 4.84. The zero-order valence-electron chi connectivity index (χ0n) is 21.3. The standard InChI is InChI=1S/C26H37N5O5/c1-4-20-15-26(5-2,24(33)34)11-13-31(20)23(32)22(14-18-6-8-21(36-3)9-7-18)30-25(35)28-12-10-19-16-27-17-29-19/h6-9,16-17,20,22H,4-5,10-15H2,1-3H3,(H,27,29)(H,33,34)(H2,28,30,35). The molecule has 10 nitrogen and oxygen atoms in total. The van der Waals surface area contributed by atoms with E-state index in [0.717, 1.165) is 11.3 Å². The second-order valence-electron chi connectivity index (χ2n) is 9.32. The molecule has 2 heterocycles. The van der Waals surface area contributed by atoms with Gasteiger partial charge in [0, 0.05) is 43.9 Å². The van der Waals surface area contributed by atoms with E-state index in [1.807, 2.05) is 38.1 Å². The summed E-state index contributed by atoms with van der Waals surface area (Å²) in [6, 6.07) is 5.96. The van der Waals surface area contributed by atoms with E-state index in [9.17, 15) is 19.5 Å². The van der Waals surface area contributed by atoms with Gasteiger partial charge >= 0.3 is 12.0 Å². The SMILES string of the molecule is CCC1CC(CC)(C(=O)O)CCN1C(=O)C(Cc1ccc(OC)cc1)NC(=O)NCCc1cnc[nH]1. The Labute approximate surface area is 211 Å². The number of piperidine rings is 1. The number of imidazole rings is 1. The van der Waals surface area contributed by atoms with Crippen molar-refractivity contribution in [3.63, 3.8) is 0 Å². The Bertz CT molecular complexity index is 1010. The van der Waals surface area contributed by atoms with Gasteiger partial charge in [-0.15, -0.1) is 0 Å². The number of ether oxygens (including phenoxy) is 1. The number of aliphatic carboxylic acids is 1. The topological polar surface area (TPSA) is 137 Å². The number of benzene rings is 1. The lowest BCUT2D eigenvalue weighted by molar-refractivity contribution is -0.157. The highest BCUT2D eigenvalue weighted by molar-refractivity contribution is 5.88. The molecule has 1 aromatic carbocycles. The van der Waals surface area contributed by atoms with Crippen molar-refractivity contribution in [2.24, 2.45) is 5.41 Å². The van der Waals surface area contributed by atoms with Crippen LogP contribution >= 0.6 is 0 Å². The van der Waals surface area contributed by atoms with Gasteiger partial charge in [0.05, 0.1) is 18.9 Å². The largest absolute Gasteiger partial charge is 0.497 e. The number of hydrogen-bond acceptors (Lipinski definition) is 5. The van der Waals surface area contributed by atoms with Gasteiger partial charge in [-0.3, -0.25) is 9.59 Å². The van der Waals surface area contributed by atoms with E-state index in [1.165, 1.54) is 0 Å². The Kier molecular flexibility index (Phi) is 9.32. The lowest BCUT2D eigenvalue weighted by Gasteiger charge is -2.45. The second-order valence-corrected chi connectivity index (χ2v) is 9.32. The molecule has 1 aliphatic heterocycles. The van der Waals surface area contributed by atoms with Gasteiger partial charge in [0.1, 0.15) is 11.8 Å². The number of rotatable bonds is 11. The molecule has 1 fully saturated rings. The lowest BCUT2D eigenvalue weighted by atomic mass is 9.72. The lowest BCUT2D eigenvalue weighted by Crippen LogP contribution is -2.58. The molecule has 0 bridgehead atoms. The minimum atomic E-state index is -0.819. The van der Waals surface area contributed by atoms with E-state index >= 15 is 0 Å². The molecular formula is C26H37N5O5. The minimum Gasteiger partial charge on any atom is -0.497 e. The van der Waals surface area contributed by atoms with Crippen molar-refractivity contribution in [3.8, 4) is 5.75 Å². The second kappa shape index (κ2) is 12.4. The summed E-state index contributed by atoms with van der Waals surface area (Å²) in [4.78, 5) is 47.2. The van der Waals surface area contributed by atoms with Crippen molar-refractivity contribution in [3.05, 3.63) is 48.0 Å². The van der Waals surface area contributed by atoms with Crippen molar-refractivity contribution in [2.75, 3.05) is 20.2 Å². The highest BCUT2D eigenvalue weighted by Gasteiger charge is 2.45. The number of aromatic nitrogens is 2. The van der Waals surface area contributed by atoms with E-state index < -0.39 is 23.5 Å². The molecule has 0 aliphatic carbocycles. The van der Waals surface area contributed by atoms with E-state index in [2.05, 4.69) is 20.6 Å². The van der Waals surface area contributed by atoms with Crippen molar-refractivity contribution in [2.45, 2.75) is 64.5 Å². The van der Waals surface area contributed by atoms with Gasteiger partial charge in [-0.05, 0) is 43.4 Å². The van der Waals surface area contributed by atoms with E-state index in [-0.39, 0.29) is 11.9 Å². The smallest absolute Gasteiger partial charge is 0.315 e. The number of likely N-dealkylation sites (tertiary alicyclic amines) is 1. The molecule has 2 aromatic rings. The number of aromatic amines is 1. The van der Waals surface area contributed by atoms with Crippen LogP contribution in [-0.4, -0.2) is 70.2 Å². The van der Waals surface area contributed by atoms with Crippen LogP contribution in [0.2, 0.25) is 0 Å². The Morgan fingerprint density at radius 3 is 2.61 bits per heavy atom. The number of hydrogen-bond donors (Lipinski definition) is 4. The molecule has 1 aliphatic rings. The number of carbonyl (C=O) groups excluding carboxylic acids is 2. The predicted octanol–water partition coefficient (Wildman–Crippen LogP) is 2.75. The van der Waals surface area contributed by atoms with Crippen LogP contribution in [0.3, 0.4) is 0 Å². The zero-order valence-corrected chi connectivity index (χ0v) is 21.3. The summed E-state index contributed by atoms with van der Waals surface area (Å²) >= 11 is 0. The molecule has 4 N–H and O–H groups in total. The van der Waals surface area contributed by atoms with E-state index in [4.69, 9.17) is 4.74 Å². The molecule has 0 radical (unpaired) electrons. The molecular weight excluding hydrogens is 462 g/mol. The third-order valence-corrected chi connectivity index (χ3v) is 7.22. The number of nitrogens with one attached hydrogen (secondary N) is 3. The summed E-state index contributed by atoms with van der Waals surface area (Å²) in [6.07, 6.45) is 6.15. The van der Waals surface area contributed by atoms with Crippen LogP contribution < -0.4 is 15.4 Å². The van der Waals surface area contributed by atoms with Crippen molar-refractivity contribution in [1.82, 2.24) is 25.5 Å². The number of carboxylic acid groups (broad SMARTS) is 1. The number of amides is 3. The Morgan fingerprint density at radius 2 is 2.03 bits per heavy atom. The highest BCUT2D eigenvalue weighted by Crippen LogP contribution is 2.39. The van der Waals surface area contributed by atoms with Gasteiger partial charge < -0.3 is 30.4 Å². The van der Waals surface area contributed by atoms with Crippen LogP contribution in [0, 0.1) is 5.41 Å². The van der Waals surface area contributed by atoms with Crippen LogP contribution in [0.1, 0.15) is 50.8 Å². The van der Waals surface area contributed by atoms with Gasteiger partial charge in [0.25, 0.3) is 0 Å². The molecule has 196 valence electrons. The van der Waals surface area contributed by atoms with Crippen molar-refractivity contribution in [1.29, 1.82) is 0 Å². The average Bonchev–Trinajstić information content (AvgIpc) is 3.41. The number of nitrogens with zero attached hydrogens (tertiary/aromatic N) is 2. The van der Waals surface area contributed by atoms with Gasteiger partial charge in [0.15, 0.2) is 0 Å². The summed E-state index contributed by atoms with van der Waals surface area (Å²) in [5.41, 5.74) is 0.962. The number of H-pyrrole nitrogens is 1. The number of carboxylic acids is 1. The van der Waals surface area contributed by atoms with Gasteiger partial charge in [-0.2, -0.15) is 0 Å². The molecule has 3 amide bonds. The molecule has 3 rings (SSSR count). The van der Waals surface area contributed by atoms with Gasteiger partial charge in [0.2, 0.25) is 5.91 Å².